The molecule has 0 amide bonds. The second-order valence-corrected chi connectivity index (χ2v) is 4.88. The lowest BCUT2D eigenvalue weighted by Crippen LogP contribution is -2.42. The number of nitrogens with two attached hydrogens (primary N) is 1. The summed E-state index contributed by atoms with van der Waals surface area (Å²) in [6.45, 7) is 6.85. The minimum absolute atomic E-state index is 0.0654. The van der Waals surface area contributed by atoms with Crippen LogP contribution in [-0.4, -0.2) is 23.4 Å². The fourth-order valence-corrected chi connectivity index (χ4v) is 2.46. The van der Waals surface area contributed by atoms with Gasteiger partial charge in [-0.1, -0.05) is 13.0 Å². The lowest BCUT2D eigenvalue weighted by Gasteiger charge is -2.32. The molecule has 0 aliphatic carbocycles. The molecule has 1 aromatic carbocycles. The Balaban J connectivity index is 2.36. The number of aliphatic imine (C=N–C) groups is 1. The Hall–Kier alpha value is -1.58. The van der Waals surface area contributed by atoms with Gasteiger partial charge in [0.05, 0.1) is 12.6 Å². The molecule has 3 nitrogen and oxygen atoms in total. The predicted molar refractivity (Wildman–Crippen MR) is 72.0 cm³/mol. The molecule has 0 saturated carbocycles. The molecule has 1 aliphatic rings. The number of guanidine groups is 1. The van der Waals surface area contributed by atoms with Crippen LogP contribution in [0.15, 0.2) is 23.2 Å². The van der Waals surface area contributed by atoms with Crippen LogP contribution in [-0.2, 0) is 0 Å². The first-order valence-electron chi connectivity index (χ1n) is 6.39. The summed E-state index contributed by atoms with van der Waals surface area (Å²) in [7, 11) is 0. The Kier molecular flexibility index (Phi) is 3.55. The van der Waals surface area contributed by atoms with Crippen LogP contribution in [0.1, 0.15) is 37.4 Å². The fourth-order valence-electron chi connectivity index (χ4n) is 2.46. The van der Waals surface area contributed by atoms with Gasteiger partial charge in [0.25, 0.3) is 0 Å². The Labute approximate surface area is 108 Å². The van der Waals surface area contributed by atoms with E-state index in [9.17, 15) is 4.39 Å². The van der Waals surface area contributed by atoms with Crippen LogP contribution in [0, 0.1) is 12.7 Å². The number of rotatable bonds is 3. The molecule has 4 heteroatoms. The molecule has 0 aromatic heterocycles. The highest BCUT2D eigenvalue weighted by molar-refractivity contribution is 5.80. The standard InChI is InChI=1S/C14H20FN3/c1-4-10(3)18-13(8-17-14(18)16)12-7-11(15)6-5-9(12)2/h5-7,10,13H,4,8H2,1-3H3,(H2,16,17). The van der Waals surface area contributed by atoms with Gasteiger partial charge in [-0.15, -0.1) is 0 Å². The van der Waals surface area contributed by atoms with Crippen LogP contribution in [0.5, 0.6) is 0 Å². The van der Waals surface area contributed by atoms with Crippen molar-refractivity contribution in [3.05, 3.63) is 35.1 Å². The van der Waals surface area contributed by atoms with Crippen molar-refractivity contribution in [2.45, 2.75) is 39.3 Å². The van der Waals surface area contributed by atoms with E-state index in [1.54, 1.807) is 6.07 Å². The molecule has 98 valence electrons. The summed E-state index contributed by atoms with van der Waals surface area (Å²) in [6, 6.07) is 5.28. The van der Waals surface area contributed by atoms with Gasteiger partial charge >= 0.3 is 0 Å². The maximum atomic E-state index is 13.4. The summed E-state index contributed by atoms with van der Waals surface area (Å²) in [5, 5.41) is 0. The largest absolute Gasteiger partial charge is 0.370 e. The van der Waals surface area contributed by atoms with E-state index in [-0.39, 0.29) is 11.9 Å². The summed E-state index contributed by atoms with van der Waals surface area (Å²) in [5.41, 5.74) is 8.02. The molecule has 1 aliphatic heterocycles. The van der Waals surface area contributed by atoms with Gasteiger partial charge in [-0.2, -0.15) is 0 Å². The second-order valence-electron chi connectivity index (χ2n) is 4.88. The van der Waals surface area contributed by atoms with Crippen molar-refractivity contribution in [1.29, 1.82) is 0 Å². The number of benzene rings is 1. The number of halogens is 1. The van der Waals surface area contributed by atoms with Crippen molar-refractivity contribution in [3.63, 3.8) is 0 Å². The second kappa shape index (κ2) is 4.96. The number of nitrogens with zero attached hydrogens (tertiary/aromatic N) is 2. The molecule has 1 heterocycles. The third-order valence-corrected chi connectivity index (χ3v) is 3.69. The Morgan fingerprint density at radius 2 is 2.28 bits per heavy atom. The van der Waals surface area contributed by atoms with E-state index in [0.29, 0.717) is 18.5 Å². The number of aryl methyl sites for hydroxylation is 1. The van der Waals surface area contributed by atoms with Gasteiger partial charge in [-0.05, 0) is 43.5 Å². The molecule has 0 radical (unpaired) electrons. The molecule has 0 bridgehead atoms. The third kappa shape index (κ3) is 2.19. The van der Waals surface area contributed by atoms with Crippen molar-refractivity contribution in [2.24, 2.45) is 10.7 Å². The first kappa shape index (κ1) is 12.9. The smallest absolute Gasteiger partial charge is 0.192 e. The molecule has 0 saturated heterocycles. The van der Waals surface area contributed by atoms with E-state index in [1.807, 2.05) is 13.0 Å². The predicted octanol–water partition coefficient (Wildman–Crippen LogP) is 2.60. The van der Waals surface area contributed by atoms with E-state index < -0.39 is 0 Å². The zero-order valence-electron chi connectivity index (χ0n) is 11.2. The molecular formula is C14H20FN3. The van der Waals surface area contributed by atoms with E-state index >= 15 is 0 Å². The van der Waals surface area contributed by atoms with Gasteiger partial charge in [0.1, 0.15) is 5.82 Å². The topological polar surface area (TPSA) is 41.6 Å². The van der Waals surface area contributed by atoms with Crippen LogP contribution in [0.3, 0.4) is 0 Å². The quantitative estimate of drug-likeness (QED) is 0.894. The summed E-state index contributed by atoms with van der Waals surface area (Å²) in [5.74, 6) is 0.364. The highest BCUT2D eigenvalue weighted by atomic mass is 19.1. The van der Waals surface area contributed by atoms with Crippen LogP contribution < -0.4 is 5.73 Å². The van der Waals surface area contributed by atoms with Crippen LogP contribution in [0.25, 0.3) is 0 Å². The Morgan fingerprint density at radius 3 is 2.94 bits per heavy atom. The van der Waals surface area contributed by atoms with Crippen LogP contribution >= 0.6 is 0 Å². The maximum absolute atomic E-state index is 13.4. The van der Waals surface area contributed by atoms with Gasteiger partial charge in [0, 0.05) is 6.04 Å². The van der Waals surface area contributed by atoms with Crippen molar-refractivity contribution in [2.75, 3.05) is 6.54 Å². The number of hydrogen-bond donors (Lipinski definition) is 1. The van der Waals surface area contributed by atoms with Gasteiger partial charge in [0.15, 0.2) is 5.96 Å². The zero-order chi connectivity index (χ0) is 13.3. The Morgan fingerprint density at radius 1 is 1.56 bits per heavy atom. The van der Waals surface area contributed by atoms with Crippen molar-refractivity contribution in [3.8, 4) is 0 Å². The minimum atomic E-state index is -0.204. The molecule has 2 atom stereocenters. The molecular weight excluding hydrogens is 229 g/mol. The fraction of sp³-hybridized carbons (Fsp3) is 0.500. The zero-order valence-corrected chi connectivity index (χ0v) is 11.2. The summed E-state index contributed by atoms with van der Waals surface area (Å²) < 4.78 is 13.4. The molecule has 2 rings (SSSR count). The third-order valence-electron chi connectivity index (χ3n) is 3.69. The lowest BCUT2D eigenvalue weighted by atomic mass is 9.99. The molecule has 0 spiro atoms. The van der Waals surface area contributed by atoms with Crippen LogP contribution in [0.4, 0.5) is 4.39 Å². The monoisotopic (exact) mass is 249 g/mol. The molecule has 2 unspecified atom stereocenters. The maximum Gasteiger partial charge on any atom is 0.192 e. The lowest BCUT2D eigenvalue weighted by molar-refractivity contribution is 0.267. The van der Waals surface area contributed by atoms with E-state index in [0.717, 1.165) is 17.5 Å². The highest BCUT2D eigenvalue weighted by Gasteiger charge is 2.31. The average molecular weight is 249 g/mol. The molecule has 18 heavy (non-hydrogen) atoms. The normalized spacial score (nSPS) is 21.0. The average Bonchev–Trinajstić information content (AvgIpc) is 2.73. The summed E-state index contributed by atoms with van der Waals surface area (Å²) >= 11 is 0. The molecule has 0 fully saturated rings. The Bertz CT molecular complexity index is 470. The van der Waals surface area contributed by atoms with Gasteiger partial charge in [-0.25, -0.2) is 4.39 Å². The minimum Gasteiger partial charge on any atom is -0.370 e. The SMILES string of the molecule is CCC(C)N1C(N)=NCC1c1cc(F)ccc1C. The summed E-state index contributed by atoms with van der Waals surface area (Å²) in [4.78, 5) is 6.41. The first-order valence-corrected chi connectivity index (χ1v) is 6.39. The highest BCUT2D eigenvalue weighted by Crippen LogP contribution is 2.30. The number of hydrogen-bond acceptors (Lipinski definition) is 3. The van der Waals surface area contributed by atoms with Crippen LogP contribution in [0.2, 0.25) is 0 Å². The van der Waals surface area contributed by atoms with Gasteiger partial charge in [-0.3, -0.25) is 4.99 Å². The van der Waals surface area contributed by atoms with Crippen molar-refractivity contribution >= 4 is 5.96 Å². The van der Waals surface area contributed by atoms with E-state index in [4.69, 9.17) is 5.73 Å². The van der Waals surface area contributed by atoms with E-state index in [2.05, 4.69) is 23.7 Å². The van der Waals surface area contributed by atoms with Gasteiger partial charge < -0.3 is 10.6 Å². The molecule has 1 aromatic rings. The van der Waals surface area contributed by atoms with Crippen molar-refractivity contribution < 1.29 is 4.39 Å². The molecule has 2 N–H and O–H groups in total. The first-order chi connectivity index (χ1) is 8.54. The summed E-state index contributed by atoms with van der Waals surface area (Å²) in [6.07, 6.45) is 0.987. The van der Waals surface area contributed by atoms with Crippen molar-refractivity contribution in [1.82, 2.24) is 4.90 Å². The van der Waals surface area contributed by atoms with Gasteiger partial charge in [0.2, 0.25) is 0 Å². The van der Waals surface area contributed by atoms with E-state index in [1.165, 1.54) is 6.07 Å².